The van der Waals surface area contributed by atoms with Crippen LogP contribution in [-0.4, -0.2) is 20.8 Å². The van der Waals surface area contributed by atoms with E-state index in [0.717, 1.165) is 35.4 Å². The van der Waals surface area contributed by atoms with E-state index in [1.165, 1.54) is 38.5 Å². The summed E-state index contributed by atoms with van der Waals surface area (Å²) in [6.07, 6.45) is 10.8. The molecule has 1 aromatic carbocycles. The van der Waals surface area contributed by atoms with Crippen LogP contribution in [0.15, 0.2) is 36.5 Å². The maximum atomic E-state index is 12.8. The minimum Gasteiger partial charge on any atom is -0.298 e. The minimum atomic E-state index is 0.314. The van der Waals surface area contributed by atoms with E-state index in [9.17, 15) is 4.79 Å². The number of Topliss-reactive ketones (excluding diaryl/α,β-unsaturated/α-hetero) is 1. The molecule has 4 aliphatic carbocycles. The second-order valence-electron chi connectivity index (χ2n) is 8.80. The highest BCUT2D eigenvalue weighted by atomic mass is 16.1. The topological polar surface area (TPSA) is 47.8 Å². The summed E-state index contributed by atoms with van der Waals surface area (Å²) in [5, 5.41) is 8.40. The zero-order valence-corrected chi connectivity index (χ0v) is 14.6. The number of aromatic nitrogens is 3. The molecule has 2 aromatic rings. The number of ketones is 1. The summed E-state index contributed by atoms with van der Waals surface area (Å²) in [5.74, 6) is 3.02. The van der Waals surface area contributed by atoms with Gasteiger partial charge in [-0.1, -0.05) is 35.5 Å². The first-order valence-corrected chi connectivity index (χ1v) is 9.65. The summed E-state index contributed by atoms with van der Waals surface area (Å²) in [6, 6.07) is 10.0. The van der Waals surface area contributed by atoms with Gasteiger partial charge in [0.05, 0.1) is 6.20 Å². The van der Waals surface area contributed by atoms with E-state index in [1.807, 2.05) is 36.5 Å². The highest BCUT2D eigenvalue weighted by Crippen LogP contribution is 2.61. The van der Waals surface area contributed by atoms with Crippen molar-refractivity contribution in [3.63, 3.8) is 0 Å². The Labute approximate surface area is 148 Å². The van der Waals surface area contributed by atoms with Crippen molar-refractivity contribution >= 4 is 5.78 Å². The summed E-state index contributed by atoms with van der Waals surface area (Å²) in [4.78, 5) is 12.8. The van der Waals surface area contributed by atoms with Gasteiger partial charge in [0.1, 0.15) is 12.2 Å². The van der Waals surface area contributed by atoms with E-state index in [2.05, 4.69) is 10.3 Å². The molecule has 4 saturated carbocycles. The van der Waals surface area contributed by atoms with Crippen molar-refractivity contribution in [2.45, 2.75) is 51.5 Å². The number of carbonyl (C=O) groups excluding carboxylic acids is 1. The molecule has 4 bridgehead atoms. The number of rotatable bonds is 5. The Morgan fingerprint density at radius 2 is 1.68 bits per heavy atom. The van der Waals surface area contributed by atoms with Crippen molar-refractivity contribution in [3.8, 4) is 11.3 Å². The van der Waals surface area contributed by atoms with Crippen molar-refractivity contribution < 1.29 is 4.79 Å². The van der Waals surface area contributed by atoms with Crippen LogP contribution in [0.3, 0.4) is 0 Å². The fourth-order valence-corrected chi connectivity index (χ4v) is 6.28. The molecule has 0 spiro atoms. The van der Waals surface area contributed by atoms with Crippen LogP contribution in [0.1, 0.15) is 44.9 Å². The lowest BCUT2D eigenvalue weighted by atomic mass is 9.48. The van der Waals surface area contributed by atoms with Gasteiger partial charge in [0.25, 0.3) is 0 Å². The van der Waals surface area contributed by atoms with E-state index in [0.29, 0.717) is 17.7 Å². The molecule has 0 unspecified atom stereocenters. The zero-order valence-electron chi connectivity index (χ0n) is 14.6. The van der Waals surface area contributed by atoms with Gasteiger partial charge in [0.15, 0.2) is 5.78 Å². The van der Waals surface area contributed by atoms with Crippen molar-refractivity contribution in [2.24, 2.45) is 23.2 Å². The number of nitrogens with zero attached hydrogens (tertiary/aromatic N) is 3. The summed E-state index contributed by atoms with van der Waals surface area (Å²) in [6.45, 7) is 0.363. The van der Waals surface area contributed by atoms with Gasteiger partial charge in [-0.15, -0.1) is 5.10 Å². The molecule has 4 nitrogen and oxygen atoms in total. The zero-order chi connectivity index (χ0) is 16.9. The van der Waals surface area contributed by atoms with Crippen LogP contribution in [-0.2, 0) is 11.3 Å². The highest BCUT2D eigenvalue weighted by Gasteiger charge is 2.51. The Morgan fingerprint density at radius 1 is 1.04 bits per heavy atom. The molecular formula is C21H25N3O. The van der Waals surface area contributed by atoms with E-state index in [-0.39, 0.29) is 0 Å². The molecule has 0 saturated heterocycles. The second-order valence-corrected chi connectivity index (χ2v) is 8.80. The van der Waals surface area contributed by atoms with E-state index < -0.39 is 0 Å². The van der Waals surface area contributed by atoms with E-state index in [1.54, 1.807) is 4.68 Å². The van der Waals surface area contributed by atoms with Crippen LogP contribution in [0.5, 0.6) is 0 Å². The molecule has 4 heteroatoms. The lowest BCUT2D eigenvalue weighted by molar-refractivity contribution is -0.128. The molecule has 4 aliphatic rings. The maximum absolute atomic E-state index is 12.8. The van der Waals surface area contributed by atoms with Crippen molar-refractivity contribution in [1.82, 2.24) is 15.0 Å². The monoisotopic (exact) mass is 335 g/mol. The molecule has 0 amide bonds. The third-order valence-electron chi connectivity index (χ3n) is 6.68. The van der Waals surface area contributed by atoms with Gasteiger partial charge in [-0.3, -0.25) is 4.79 Å². The summed E-state index contributed by atoms with van der Waals surface area (Å²) in [7, 11) is 0. The Kier molecular flexibility index (Phi) is 3.54. The molecule has 130 valence electrons. The van der Waals surface area contributed by atoms with Crippen LogP contribution in [0.25, 0.3) is 11.3 Å². The van der Waals surface area contributed by atoms with E-state index >= 15 is 0 Å². The fourth-order valence-electron chi connectivity index (χ4n) is 6.28. The quantitative estimate of drug-likeness (QED) is 0.826. The molecule has 0 aliphatic heterocycles. The van der Waals surface area contributed by atoms with Crippen molar-refractivity contribution in [1.29, 1.82) is 0 Å². The summed E-state index contributed by atoms with van der Waals surface area (Å²) in [5.41, 5.74) is 2.19. The summed E-state index contributed by atoms with van der Waals surface area (Å²) < 4.78 is 1.71. The Balaban J connectivity index is 1.26. The molecule has 25 heavy (non-hydrogen) atoms. The molecule has 0 atom stereocenters. The molecule has 0 radical (unpaired) electrons. The molecular weight excluding hydrogens is 310 g/mol. The number of benzene rings is 1. The average Bonchev–Trinajstić information content (AvgIpc) is 3.02. The number of hydrogen-bond acceptors (Lipinski definition) is 3. The third-order valence-corrected chi connectivity index (χ3v) is 6.68. The Morgan fingerprint density at radius 3 is 2.32 bits per heavy atom. The van der Waals surface area contributed by atoms with Gasteiger partial charge in [0, 0.05) is 12.0 Å². The predicted octanol–water partition coefficient (Wildman–Crippen LogP) is 4.12. The molecule has 1 aromatic heterocycles. The van der Waals surface area contributed by atoms with E-state index in [4.69, 9.17) is 0 Å². The van der Waals surface area contributed by atoms with Gasteiger partial charge in [-0.05, 0) is 61.7 Å². The second kappa shape index (κ2) is 5.79. The SMILES string of the molecule is O=C(Cn1cc(-c2ccccc2)nn1)CC12CC3CC(CC(C3)C1)C2. The van der Waals surface area contributed by atoms with Crippen LogP contribution in [0, 0.1) is 23.2 Å². The smallest absolute Gasteiger partial charge is 0.154 e. The molecule has 6 rings (SSSR count). The first-order valence-electron chi connectivity index (χ1n) is 9.65. The van der Waals surface area contributed by atoms with Crippen LogP contribution < -0.4 is 0 Å². The predicted molar refractivity (Wildman–Crippen MR) is 95.7 cm³/mol. The van der Waals surface area contributed by atoms with Gasteiger partial charge >= 0.3 is 0 Å². The standard InChI is InChI=1S/C21H25N3O/c25-19(12-21-9-15-6-16(10-21)8-17(7-15)11-21)13-24-14-20(22-23-24)18-4-2-1-3-5-18/h1-5,14-17H,6-13H2. The lowest BCUT2D eigenvalue weighted by Gasteiger charge is -2.56. The average molecular weight is 335 g/mol. The molecule has 4 fully saturated rings. The minimum absolute atomic E-state index is 0.314. The number of hydrogen-bond donors (Lipinski definition) is 0. The van der Waals surface area contributed by atoms with Gasteiger partial charge in [-0.2, -0.15) is 0 Å². The van der Waals surface area contributed by atoms with Crippen LogP contribution in [0.4, 0.5) is 0 Å². The third kappa shape index (κ3) is 2.92. The molecule has 0 N–H and O–H groups in total. The van der Waals surface area contributed by atoms with Gasteiger partial charge in [-0.25, -0.2) is 4.68 Å². The first kappa shape index (κ1) is 15.3. The van der Waals surface area contributed by atoms with Gasteiger partial charge in [0.2, 0.25) is 0 Å². The largest absolute Gasteiger partial charge is 0.298 e. The maximum Gasteiger partial charge on any atom is 0.154 e. The Bertz CT molecular complexity index is 744. The van der Waals surface area contributed by atoms with Gasteiger partial charge < -0.3 is 0 Å². The normalized spacial score (nSPS) is 32.9. The first-order chi connectivity index (χ1) is 12.2. The Hall–Kier alpha value is -1.97. The molecule has 1 heterocycles. The highest BCUT2D eigenvalue weighted by molar-refractivity contribution is 5.79. The lowest BCUT2D eigenvalue weighted by Crippen LogP contribution is -2.47. The fraction of sp³-hybridized carbons (Fsp3) is 0.571. The van der Waals surface area contributed by atoms with Crippen molar-refractivity contribution in [2.75, 3.05) is 0 Å². The van der Waals surface area contributed by atoms with Crippen molar-refractivity contribution in [3.05, 3.63) is 36.5 Å². The number of carbonyl (C=O) groups is 1. The van der Waals surface area contributed by atoms with Crippen LogP contribution in [0.2, 0.25) is 0 Å². The summed E-state index contributed by atoms with van der Waals surface area (Å²) >= 11 is 0. The van der Waals surface area contributed by atoms with Crippen LogP contribution >= 0.6 is 0 Å².